The van der Waals surface area contributed by atoms with E-state index in [0.717, 1.165) is 40.4 Å². The number of nitrogens with one attached hydrogen (secondary N) is 1. The lowest BCUT2D eigenvalue weighted by Crippen LogP contribution is -2.20. The molecule has 0 aliphatic carbocycles. The van der Waals surface area contributed by atoms with Gasteiger partial charge in [0.25, 0.3) is 5.91 Å². The highest BCUT2D eigenvalue weighted by molar-refractivity contribution is 7.99. The molecule has 0 aliphatic rings. The molecule has 0 unspecified atom stereocenters. The number of carbonyl (C=O) groups is 1. The van der Waals surface area contributed by atoms with Crippen LogP contribution in [0.2, 0.25) is 0 Å². The molecular weight excluding hydrogens is 458 g/mol. The zero-order chi connectivity index (χ0) is 24.5. The molecule has 35 heavy (non-hydrogen) atoms. The Hall–Kier alpha value is -3.91. The lowest BCUT2D eigenvalue weighted by Gasteiger charge is -2.10. The third kappa shape index (κ3) is 6.58. The van der Waals surface area contributed by atoms with Gasteiger partial charge in [-0.1, -0.05) is 66.7 Å². The molecule has 0 saturated carbocycles. The predicted octanol–water partition coefficient (Wildman–Crippen LogP) is 5.27. The van der Waals surface area contributed by atoms with Gasteiger partial charge in [0.1, 0.15) is 5.75 Å². The Morgan fingerprint density at radius 2 is 1.77 bits per heavy atom. The number of benzene rings is 3. The lowest BCUT2D eigenvalue weighted by molar-refractivity contribution is -0.118. The van der Waals surface area contributed by atoms with Gasteiger partial charge in [0.15, 0.2) is 11.0 Å². The number of ether oxygens (including phenoxy) is 1. The second-order valence-corrected chi connectivity index (χ2v) is 8.79. The van der Waals surface area contributed by atoms with E-state index in [1.165, 1.54) is 11.8 Å². The van der Waals surface area contributed by atoms with Crippen LogP contribution in [0.5, 0.6) is 5.75 Å². The standard InChI is InChI=1S/C27H27N5O2S/c1-3-17-34-24-15-11-21(12-16-24)18-28-29-25(33)19-35-27-31-30-26(22-7-5-4-6-8-22)32(27)23-13-9-20(2)10-14-23/h4-16,18H,3,17,19H2,1-2H3,(H,29,33)/b28-18-. The number of hydrogen-bond donors (Lipinski definition) is 1. The van der Waals surface area contributed by atoms with Crippen LogP contribution in [-0.4, -0.2) is 39.2 Å². The van der Waals surface area contributed by atoms with Crippen LogP contribution in [0.1, 0.15) is 24.5 Å². The van der Waals surface area contributed by atoms with Gasteiger partial charge in [-0.25, -0.2) is 5.43 Å². The third-order valence-corrected chi connectivity index (χ3v) is 5.97. The normalized spacial score (nSPS) is 11.0. The predicted molar refractivity (Wildman–Crippen MR) is 140 cm³/mol. The fourth-order valence-corrected chi connectivity index (χ4v) is 4.02. The van der Waals surface area contributed by atoms with Crippen molar-refractivity contribution in [1.82, 2.24) is 20.2 Å². The van der Waals surface area contributed by atoms with Crippen LogP contribution in [-0.2, 0) is 4.79 Å². The first kappa shape index (κ1) is 24.2. The van der Waals surface area contributed by atoms with Gasteiger partial charge in [-0.3, -0.25) is 9.36 Å². The fraction of sp³-hybridized carbons (Fsp3) is 0.185. The second-order valence-electron chi connectivity index (χ2n) is 7.84. The minimum Gasteiger partial charge on any atom is -0.494 e. The lowest BCUT2D eigenvalue weighted by atomic mass is 10.2. The summed E-state index contributed by atoms with van der Waals surface area (Å²) < 4.78 is 7.54. The molecule has 1 aromatic heterocycles. The van der Waals surface area contributed by atoms with Gasteiger partial charge in [0.2, 0.25) is 0 Å². The van der Waals surface area contributed by atoms with Gasteiger partial charge in [-0.2, -0.15) is 5.10 Å². The van der Waals surface area contributed by atoms with Crippen molar-refractivity contribution in [2.75, 3.05) is 12.4 Å². The number of rotatable bonds is 10. The zero-order valence-electron chi connectivity index (χ0n) is 19.7. The molecule has 0 radical (unpaired) electrons. The van der Waals surface area contributed by atoms with E-state index < -0.39 is 0 Å². The highest BCUT2D eigenvalue weighted by Gasteiger charge is 2.17. The zero-order valence-corrected chi connectivity index (χ0v) is 20.5. The quantitative estimate of drug-likeness (QED) is 0.188. The van der Waals surface area contributed by atoms with Gasteiger partial charge in [0, 0.05) is 11.3 Å². The smallest absolute Gasteiger partial charge is 0.250 e. The molecule has 0 aliphatic heterocycles. The number of thioether (sulfide) groups is 1. The van der Waals surface area contributed by atoms with E-state index >= 15 is 0 Å². The van der Waals surface area contributed by atoms with E-state index in [9.17, 15) is 4.79 Å². The molecule has 0 atom stereocenters. The average Bonchev–Trinajstić information content (AvgIpc) is 3.32. The Morgan fingerprint density at radius 1 is 1.03 bits per heavy atom. The summed E-state index contributed by atoms with van der Waals surface area (Å²) in [5, 5.41) is 13.5. The SMILES string of the molecule is CCCOc1ccc(/C=N\NC(=O)CSc2nnc(-c3ccccc3)n2-c2ccc(C)cc2)cc1. The van der Waals surface area contributed by atoms with Gasteiger partial charge in [0.05, 0.1) is 18.6 Å². The first-order valence-corrected chi connectivity index (χ1v) is 12.4. The number of aromatic nitrogens is 3. The van der Waals surface area contributed by atoms with Crippen molar-refractivity contribution in [2.24, 2.45) is 5.10 Å². The molecule has 4 aromatic rings. The molecule has 0 bridgehead atoms. The number of hydrazone groups is 1. The molecule has 0 fully saturated rings. The Labute approximate surface area is 209 Å². The summed E-state index contributed by atoms with van der Waals surface area (Å²) in [5.41, 5.74) is 6.50. The van der Waals surface area contributed by atoms with Crippen molar-refractivity contribution in [3.8, 4) is 22.8 Å². The third-order valence-electron chi connectivity index (χ3n) is 5.05. The number of amides is 1. The summed E-state index contributed by atoms with van der Waals surface area (Å²) >= 11 is 1.31. The van der Waals surface area contributed by atoms with Crippen LogP contribution in [0.3, 0.4) is 0 Å². The van der Waals surface area contributed by atoms with E-state index in [0.29, 0.717) is 11.8 Å². The Kier molecular flexibility index (Phi) is 8.30. The van der Waals surface area contributed by atoms with Gasteiger partial charge in [-0.05, 0) is 55.3 Å². The monoisotopic (exact) mass is 485 g/mol. The van der Waals surface area contributed by atoms with Crippen molar-refractivity contribution in [3.63, 3.8) is 0 Å². The summed E-state index contributed by atoms with van der Waals surface area (Å²) in [5.74, 6) is 1.47. The highest BCUT2D eigenvalue weighted by atomic mass is 32.2. The van der Waals surface area contributed by atoms with E-state index in [2.05, 4.69) is 27.6 Å². The van der Waals surface area contributed by atoms with Crippen LogP contribution in [0.15, 0.2) is 89.1 Å². The van der Waals surface area contributed by atoms with Crippen molar-refractivity contribution >= 4 is 23.9 Å². The van der Waals surface area contributed by atoms with Gasteiger partial charge < -0.3 is 4.74 Å². The van der Waals surface area contributed by atoms with Crippen LogP contribution in [0.4, 0.5) is 0 Å². The molecule has 3 aromatic carbocycles. The maximum absolute atomic E-state index is 12.4. The van der Waals surface area contributed by atoms with Gasteiger partial charge in [-0.15, -0.1) is 10.2 Å². The second kappa shape index (κ2) is 12.0. The Morgan fingerprint density at radius 3 is 2.49 bits per heavy atom. The van der Waals surface area contributed by atoms with Crippen LogP contribution in [0, 0.1) is 6.92 Å². The van der Waals surface area contributed by atoms with Crippen molar-refractivity contribution in [3.05, 3.63) is 90.0 Å². The van der Waals surface area contributed by atoms with Crippen molar-refractivity contribution in [1.29, 1.82) is 0 Å². The summed E-state index contributed by atoms with van der Waals surface area (Å²) in [4.78, 5) is 12.4. The first-order chi connectivity index (χ1) is 17.1. The minimum absolute atomic E-state index is 0.153. The maximum Gasteiger partial charge on any atom is 0.250 e. The van der Waals surface area contributed by atoms with E-state index in [1.807, 2.05) is 90.4 Å². The summed E-state index contributed by atoms with van der Waals surface area (Å²) in [6, 6.07) is 25.6. The van der Waals surface area contributed by atoms with Crippen LogP contribution < -0.4 is 10.2 Å². The number of carbonyl (C=O) groups excluding carboxylic acids is 1. The topological polar surface area (TPSA) is 81.4 Å². The Bertz CT molecular complexity index is 1270. The molecule has 178 valence electrons. The number of aryl methyl sites for hydroxylation is 1. The Balaban J connectivity index is 1.42. The number of nitrogens with zero attached hydrogens (tertiary/aromatic N) is 4. The molecule has 0 saturated heterocycles. The van der Waals surface area contributed by atoms with E-state index in [1.54, 1.807) is 6.21 Å². The fourth-order valence-electron chi connectivity index (χ4n) is 3.28. The molecule has 1 amide bonds. The molecule has 1 heterocycles. The van der Waals surface area contributed by atoms with Crippen molar-refractivity contribution < 1.29 is 9.53 Å². The largest absolute Gasteiger partial charge is 0.494 e. The maximum atomic E-state index is 12.4. The van der Waals surface area contributed by atoms with Gasteiger partial charge >= 0.3 is 0 Å². The molecule has 1 N–H and O–H groups in total. The molecule has 4 rings (SSSR count). The number of hydrogen-bond acceptors (Lipinski definition) is 6. The summed E-state index contributed by atoms with van der Waals surface area (Å²) in [6.45, 7) is 4.80. The molecule has 7 nitrogen and oxygen atoms in total. The van der Waals surface area contributed by atoms with E-state index in [4.69, 9.17) is 4.74 Å². The molecular formula is C27H27N5O2S. The van der Waals surface area contributed by atoms with E-state index in [-0.39, 0.29) is 11.7 Å². The summed E-state index contributed by atoms with van der Waals surface area (Å²) in [6.07, 6.45) is 2.57. The molecule has 8 heteroatoms. The highest BCUT2D eigenvalue weighted by Crippen LogP contribution is 2.28. The minimum atomic E-state index is -0.228. The first-order valence-electron chi connectivity index (χ1n) is 11.4. The summed E-state index contributed by atoms with van der Waals surface area (Å²) in [7, 11) is 0. The van der Waals surface area contributed by atoms with Crippen molar-refractivity contribution in [2.45, 2.75) is 25.4 Å². The van der Waals surface area contributed by atoms with Crippen LogP contribution in [0.25, 0.3) is 17.1 Å². The molecule has 0 spiro atoms. The average molecular weight is 486 g/mol. The van der Waals surface area contributed by atoms with Crippen LogP contribution >= 0.6 is 11.8 Å².